The SMILES string of the molecule is NNc1nc(OC2CCOCC2)c(F)cc1F. The Morgan fingerprint density at radius 2 is 2.06 bits per heavy atom. The zero-order valence-corrected chi connectivity index (χ0v) is 9.08. The lowest BCUT2D eigenvalue weighted by Gasteiger charge is -2.23. The van der Waals surface area contributed by atoms with Crippen LogP contribution in [-0.4, -0.2) is 24.3 Å². The predicted molar refractivity (Wildman–Crippen MR) is 56.4 cm³/mol. The molecule has 17 heavy (non-hydrogen) atoms. The minimum Gasteiger partial charge on any atom is -0.472 e. The molecule has 0 bridgehead atoms. The summed E-state index contributed by atoms with van der Waals surface area (Å²) in [7, 11) is 0. The molecule has 0 amide bonds. The van der Waals surface area contributed by atoms with Gasteiger partial charge in [0.05, 0.1) is 13.2 Å². The number of nitrogens with one attached hydrogen (secondary N) is 1. The summed E-state index contributed by atoms with van der Waals surface area (Å²) in [5.74, 6) is 2.87. The summed E-state index contributed by atoms with van der Waals surface area (Å²) >= 11 is 0. The summed E-state index contributed by atoms with van der Waals surface area (Å²) in [5.41, 5.74) is 2.04. The molecule has 0 saturated carbocycles. The maximum atomic E-state index is 13.4. The molecular weight excluding hydrogens is 232 g/mol. The van der Waals surface area contributed by atoms with Gasteiger partial charge in [-0.3, -0.25) is 0 Å². The van der Waals surface area contributed by atoms with Gasteiger partial charge in [0.1, 0.15) is 6.10 Å². The van der Waals surface area contributed by atoms with Crippen LogP contribution in [0.25, 0.3) is 0 Å². The molecule has 1 aromatic heterocycles. The summed E-state index contributed by atoms with van der Waals surface area (Å²) < 4.78 is 37.0. The van der Waals surface area contributed by atoms with Crippen molar-refractivity contribution in [2.45, 2.75) is 18.9 Å². The topological polar surface area (TPSA) is 69.4 Å². The summed E-state index contributed by atoms with van der Waals surface area (Å²) in [4.78, 5) is 3.64. The second kappa shape index (κ2) is 5.24. The third-order valence-corrected chi connectivity index (χ3v) is 2.48. The van der Waals surface area contributed by atoms with Crippen molar-refractivity contribution in [3.8, 4) is 5.88 Å². The zero-order valence-electron chi connectivity index (χ0n) is 9.08. The number of anilines is 1. The van der Waals surface area contributed by atoms with Crippen LogP contribution in [0.15, 0.2) is 6.07 Å². The van der Waals surface area contributed by atoms with E-state index in [2.05, 4.69) is 4.98 Å². The van der Waals surface area contributed by atoms with Crippen LogP contribution in [-0.2, 0) is 4.74 Å². The molecule has 0 spiro atoms. The van der Waals surface area contributed by atoms with Gasteiger partial charge in [0, 0.05) is 18.9 Å². The molecule has 1 aliphatic rings. The lowest BCUT2D eigenvalue weighted by molar-refractivity contribution is 0.0220. The number of nitrogens with zero attached hydrogens (tertiary/aromatic N) is 1. The van der Waals surface area contributed by atoms with E-state index in [1.165, 1.54) is 0 Å². The van der Waals surface area contributed by atoms with Crippen molar-refractivity contribution in [2.75, 3.05) is 18.6 Å². The average molecular weight is 245 g/mol. The highest BCUT2D eigenvalue weighted by atomic mass is 19.1. The molecule has 2 heterocycles. The van der Waals surface area contributed by atoms with Crippen LogP contribution < -0.4 is 16.0 Å². The van der Waals surface area contributed by atoms with Crippen LogP contribution in [0.1, 0.15) is 12.8 Å². The third-order valence-electron chi connectivity index (χ3n) is 2.48. The minimum atomic E-state index is -0.857. The van der Waals surface area contributed by atoms with Gasteiger partial charge in [0.15, 0.2) is 17.5 Å². The van der Waals surface area contributed by atoms with Gasteiger partial charge in [-0.1, -0.05) is 0 Å². The van der Waals surface area contributed by atoms with Crippen molar-refractivity contribution in [1.82, 2.24) is 4.98 Å². The van der Waals surface area contributed by atoms with Gasteiger partial charge in [0.2, 0.25) is 0 Å². The smallest absolute Gasteiger partial charge is 0.252 e. The number of nitrogens with two attached hydrogens (primary N) is 1. The number of nitrogen functional groups attached to an aromatic ring is 1. The van der Waals surface area contributed by atoms with E-state index in [0.29, 0.717) is 32.1 Å². The van der Waals surface area contributed by atoms with E-state index in [4.69, 9.17) is 15.3 Å². The lowest BCUT2D eigenvalue weighted by Crippen LogP contribution is -2.27. The summed E-state index contributed by atoms with van der Waals surface area (Å²) in [6.07, 6.45) is 1.15. The Labute approximate surface area is 96.9 Å². The van der Waals surface area contributed by atoms with Crippen LogP contribution in [0, 0.1) is 11.6 Å². The van der Waals surface area contributed by atoms with E-state index in [9.17, 15) is 8.78 Å². The van der Waals surface area contributed by atoms with Crippen LogP contribution in [0.4, 0.5) is 14.6 Å². The normalized spacial score (nSPS) is 16.9. The molecule has 0 aliphatic carbocycles. The molecule has 0 aromatic carbocycles. The second-order valence-electron chi connectivity index (χ2n) is 3.68. The quantitative estimate of drug-likeness (QED) is 0.618. The number of hydrazine groups is 1. The maximum Gasteiger partial charge on any atom is 0.252 e. The number of aromatic nitrogens is 1. The molecule has 1 aliphatic heterocycles. The van der Waals surface area contributed by atoms with Gasteiger partial charge < -0.3 is 14.9 Å². The number of ether oxygens (including phenoxy) is 2. The summed E-state index contributed by atoms with van der Waals surface area (Å²) in [6.45, 7) is 1.13. The van der Waals surface area contributed by atoms with E-state index in [1.54, 1.807) is 0 Å². The monoisotopic (exact) mass is 245 g/mol. The number of halogens is 2. The Morgan fingerprint density at radius 1 is 1.35 bits per heavy atom. The number of rotatable bonds is 3. The van der Waals surface area contributed by atoms with Gasteiger partial charge >= 0.3 is 0 Å². The standard InChI is InChI=1S/C10H13F2N3O2/c11-7-5-8(12)10(14-9(7)15-13)17-6-1-3-16-4-2-6/h5-6H,1-4,13H2,(H,14,15). The third kappa shape index (κ3) is 2.80. The van der Waals surface area contributed by atoms with Crippen LogP contribution in [0.3, 0.4) is 0 Å². The van der Waals surface area contributed by atoms with Gasteiger partial charge in [-0.2, -0.15) is 4.98 Å². The largest absolute Gasteiger partial charge is 0.472 e. The molecule has 0 atom stereocenters. The molecule has 0 unspecified atom stereocenters. The van der Waals surface area contributed by atoms with E-state index >= 15 is 0 Å². The van der Waals surface area contributed by atoms with Crippen molar-refractivity contribution in [3.63, 3.8) is 0 Å². The first-order chi connectivity index (χ1) is 8.20. The van der Waals surface area contributed by atoms with E-state index in [-0.39, 0.29) is 17.8 Å². The van der Waals surface area contributed by atoms with E-state index in [0.717, 1.165) is 0 Å². The number of hydrogen-bond acceptors (Lipinski definition) is 5. The van der Waals surface area contributed by atoms with Gasteiger partial charge in [-0.25, -0.2) is 14.6 Å². The van der Waals surface area contributed by atoms with E-state index < -0.39 is 11.6 Å². The van der Waals surface area contributed by atoms with Crippen LogP contribution >= 0.6 is 0 Å². The number of hydrogen-bond donors (Lipinski definition) is 2. The van der Waals surface area contributed by atoms with E-state index in [1.807, 2.05) is 5.43 Å². The molecular formula is C10H13F2N3O2. The molecule has 1 aromatic rings. The molecule has 3 N–H and O–H groups in total. The second-order valence-corrected chi connectivity index (χ2v) is 3.68. The van der Waals surface area contributed by atoms with Crippen molar-refractivity contribution < 1.29 is 18.3 Å². The Bertz CT molecular complexity index is 397. The molecule has 2 rings (SSSR count). The highest BCUT2D eigenvalue weighted by molar-refractivity contribution is 5.38. The molecule has 1 saturated heterocycles. The van der Waals surface area contributed by atoms with Crippen molar-refractivity contribution >= 4 is 5.82 Å². The first-order valence-corrected chi connectivity index (χ1v) is 5.27. The Hall–Kier alpha value is -1.47. The Morgan fingerprint density at radius 3 is 2.71 bits per heavy atom. The molecule has 5 nitrogen and oxygen atoms in total. The molecule has 7 heteroatoms. The summed E-state index contributed by atoms with van der Waals surface area (Å²) in [5, 5.41) is 0. The Balaban J connectivity index is 2.13. The van der Waals surface area contributed by atoms with Crippen LogP contribution in [0.5, 0.6) is 5.88 Å². The highest BCUT2D eigenvalue weighted by Gasteiger charge is 2.19. The predicted octanol–water partition coefficient (Wildman–Crippen LogP) is 1.20. The summed E-state index contributed by atoms with van der Waals surface area (Å²) in [6, 6.07) is 0.691. The highest BCUT2D eigenvalue weighted by Crippen LogP contribution is 2.23. The fourth-order valence-corrected chi connectivity index (χ4v) is 1.59. The maximum absolute atomic E-state index is 13.4. The minimum absolute atomic E-state index is 0.165. The fourth-order valence-electron chi connectivity index (χ4n) is 1.59. The molecule has 0 radical (unpaired) electrons. The zero-order chi connectivity index (χ0) is 12.3. The average Bonchev–Trinajstić information content (AvgIpc) is 2.34. The number of pyridine rings is 1. The Kier molecular flexibility index (Phi) is 3.70. The van der Waals surface area contributed by atoms with Gasteiger partial charge in [-0.15, -0.1) is 0 Å². The molecule has 94 valence electrons. The van der Waals surface area contributed by atoms with Gasteiger partial charge in [0.25, 0.3) is 5.88 Å². The first-order valence-electron chi connectivity index (χ1n) is 5.27. The van der Waals surface area contributed by atoms with Gasteiger partial charge in [-0.05, 0) is 0 Å². The first kappa shape index (κ1) is 12.0. The van der Waals surface area contributed by atoms with Crippen LogP contribution in [0.2, 0.25) is 0 Å². The van der Waals surface area contributed by atoms with Crippen molar-refractivity contribution in [2.24, 2.45) is 5.84 Å². The fraction of sp³-hybridized carbons (Fsp3) is 0.500. The lowest BCUT2D eigenvalue weighted by atomic mass is 10.1. The molecule has 1 fully saturated rings. The van der Waals surface area contributed by atoms with Crippen molar-refractivity contribution in [1.29, 1.82) is 0 Å². The van der Waals surface area contributed by atoms with Crippen molar-refractivity contribution in [3.05, 3.63) is 17.7 Å².